The van der Waals surface area contributed by atoms with Gasteiger partial charge in [0.05, 0.1) is 0 Å². The van der Waals surface area contributed by atoms with E-state index in [1.54, 1.807) is 7.05 Å². The Morgan fingerprint density at radius 1 is 1.05 bits per heavy atom. The van der Waals surface area contributed by atoms with Gasteiger partial charge in [-0.25, -0.2) is 14.3 Å². The molecule has 4 aromatic rings. The summed E-state index contributed by atoms with van der Waals surface area (Å²) in [7, 11) is 1.78. The highest BCUT2D eigenvalue weighted by Gasteiger charge is 2.23. The predicted octanol–water partition coefficient (Wildman–Crippen LogP) is 4.77. The third-order valence-electron chi connectivity index (χ3n) is 7.38. The van der Waals surface area contributed by atoms with Crippen LogP contribution in [0.15, 0.2) is 60.9 Å². The van der Waals surface area contributed by atoms with Crippen molar-refractivity contribution in [2.75, 3.05) is 30.8 Å². The Balaban J connectivity index is 1.15. The average molecular weight is 527 g/mol. The lowest BCUT2D eigenvalue weighted by Gasteiger charge is -2.33. The van der Waals surface area contributed by atoms with Crippen molar-refractivity contribution in [1.82, 2.24) is 29.7 Å². The molecule has 6 rings (SSSR count). The van der Waals surface area contributed by atoms with Gasteiger partial charge in [-0.1, -0.05) is 30.3 Å². The molecule has 1 amide bonds. The number of ether oxygens (including phenoxy) is 1. The Labute approximate surface area is 227 Å². The van der Waals surface area contributed by atoms with Gasteiger partial charge in [0.15, 0.2) is 17.0 Å². The van der Waals surface area contributed by atoms with Crippen LogP contribution in [0, 0.1) is 0 Å². The van der Waals surface area contributed by atoms with Crippen molar-refractivity contribution < 1.29 is 9.53 Å². The first-order valence-electron chi connectivity index (χ1n) is 13.7. The molecule has 2 aliphatic rings. The Morgan fingerprint density at radius 3 is 2.72 bits per heavy atom. The Kier molecular flexibility index (Phi) is 7.27. The molecule has 10 nitrogen and oxygen atoms in total. The first-order valence-corrected chi connectivity index (χ1v) is 13.7. The lowest BCUT2D eigenvalue weighted by Crippen LogP contribution is -2.41. The maximum atomic E-state index is 12.8. The number of carbonyl (C=O) groups is 1. The van der Waals surface area contributed by atoms with Crippen LogP contribution in [-0.4, -0.2) is 62.7 Å². The van der Waals surface area contributed by atoms with Gasteiger partial charge in [0, 0.05) is 31.9 Å². The number of hydrogen-bond donors (Lipinski definition) is 3. The summed E-state index contributed by atoms with van der Waals surface area (Å²) in [5.41, 5.74) is 3.09. The molecule has 1 atom stereocenters. The van der Waals surface area contributed by atoms with Crippen molar-refractivity contribution in [3.05, 3.63) is 66.5 Å². The van der Waals surface area contributed by atoms with Crippen LogP contribution in [-0.2, 0) is 6.54 Å². The maximum absolute atomic E-state index is 12.8. The largest absolute Gasteiger partial charge is 0.489 e. The van der Waals surface area contributed by atoms with Gasteiger partial charge in [0.25, 0.3) is 0 Å². The second-order valence-electron chi connectivity index (χ2n) is 10.3. The van der Waals surface area contributed by atoms with Gasteiger partial charge in [-0.3, -0.25) is 4.90 Å². The van der Waals surface area contributed by atoms with Crippen LogP contribution in [0.2, 0.25) is 0 Å². The van der Waals surface area contributed by atoms with E-state index in [1.165, 1.54) is 16.5 Å². The summed E-state index contributed by atoms with van der Waals surface area (Å²) in [5.74, 6) is 1.89. The highest BCUT2D eigenvalue weighted by Crippen LogP contribution is 2.25. The van der Waals surface area contributed by atoms with E-state index in [4.69, 9.17) is 4.74 Å². The highest BCUT2D eigenvalue weighted by atomic mass is 16.5. The van der Waals surface area contributed by atoms with Gasteiger partial charge in [-0.05, 0) is 68.5 Å². The zero-order valence-electron chi connectivity index (χ0n) is 22.1. The van der Waals surface area contributed by atoms with Crippen molar-refractivity contribution in [3.8, 4) is 5.75 Å². The predicted molar refractivity (Wildman–Crippen MR) is 152 cm³/mol. The van der Waals surface area contributed by atoms with Gasteiger partial charge < -0.3 is 20.7 Å². The summed E-state index contributed by atoms with van der Waals surface area (Å²) >= 11 is 0. The number of nitrogens with one attached hydrogen (secondary N) is 3. The summed E-state index contributed by atoms with van der Waals surface area (Å²) in [6.45, 7) is 2.77. The number of carbonyl (C=O) groups excluding carboxylic acids is 1. The van der Waals surface area contributed by atoms with E-state index in [0.717, 1.165) is 63.2 Å². The molecule has 1 saturated heterocycles. The van der Waals surface area contributed by atoms with Gasteiger partial charge in [-0.2, -0.15) is 9.97 Å². The minimum atomic E-state index is -0.216. The molecule has 0 bridgehead atoms. The number of amides is 1. The molecule has 3 N–H and O–H groups in total. The van der Waals surface area contributed by atoms with Gasteiger partial charge in [0.2, 0.25) is 5.95 Å². The number of likely N-dealkylation sites (tertiary alicyclic amines) is 1. The molecule has 3 heterocycles. The standard InChI is InChI=1S/C29H34N8O2/c1-30-26-25-27(37(19-31-25)29(38)33-21-9-6-10-21)35-28(34-26)32-22-11-5-8-20(16-22)17-36-15-7-14-24(18-36)39-23-12-3-2-4-13-23/h2-5,8,11-13,16,19,21,24H,6-7,9-10,14-15,17-18H2,1H3,(H,33,38)(H2,30,32,34,35). The normalized spacial score (nSPS) is 17.9. The number of imidazole rings is 1. The molecule has 10 heteroatoms. The van der Waals surface area contributed by atoms with Gasteiger partial charge in [-0.15, -0.1) is 0 Å². The molecule has 1 saturated carbocycles. The van der Waals surface area contributed by atoms with E-state index in [0.29, 0.717) is 22.9 Å². The Hall–Kier alpha value is -4.18. The second kappa shape index (κ2) is 11.3. The van der Waals surface area contributed by atoms with Crippen LogP contribution in [0.3, 0.4) is 0 Å². The third kappa shape index (κ3) is 5.80. The molecule has 39 heavy (non-hydrogen) atoms. The number of anilines is 3. The van der Waals surface area contributed by atoms with E-state index in [1.807, 2.05) is 42.5 Å². The fourth-order valence-electron chi connectivity index (χ4n) is 5.15. The van der Waals surface area contributed by atoms with E-state index >= 15 is 0 Å². The van der Waals surface area contributed by atoms with E-state index in [-0.39, 0.29) is 18.2 Å². The van der Waals surface area contributed by atoms with E-state index in [9.17, 15) is 4.79 Å². The highest BCUT2D eigenvalue weighted by molar-refractivity contribution is 5.92. The van der Waals surface area contributed by atoms with Crippen molar-refractivity contribution in [1.29, 1.82) is 0 Å². The zero-order chi connectivity index (χ0) is 26.6. The lowest BCUT2D eigenvalue weighted by atomic mass is 9.93. The van der Waals surface area contributed by atoms with E-state index in [2.05, 4.69) is 47.9 Å². The number of benzene rings is 2. The summed E-state index contributed by atoms with van der Waals surface area (Å²) in [6, 6.07) is 18.3. The molecule has 202 valence electrons. The first kappa shape index (κ1) is 25.1. The molecular formula is C29H34N8O2. The molecule has 2 aromatic carbocycles. The summed E-state index contributed by atoms with van der Waals surface area (Å²) in [4.78, 5) is 28.9. The summed E-state index contributed by atoms with van der Waals surface area (Å²) in [5, 5.41) is 9.46. The monoisotopic (exact) mass is 526 g/mol. The van der Waals surface area contributed by atoms with Crippen LogP contribution in [0.5, 0.6) is 5.75 Å². The quantitative estimate of drug-likeness (QED) is 0.301. The zero-order valence-corrected chi connectivity index (χ0v) is 22.1. The van der Waals surface area contributed by atoms with Crippen LogP contribution in [0.4, 0.5) is 22.2 Å². The van der Waals surface area contributed by atoms with Crippen LogP contribution in [0.25, 0.3) is 11.2 Å². The third-order valence-corrected chi connectivity index (χ3v) is 7.38. The second-order valence-corrected chi connectivity index (χ2v) is 10.3. The maximum Gasteiger partial charge on any atom is 0.328 e. The SMILES string of the molecule is CNc1nc(Nc2cccc(CN3CCCC(Oc4ccccc4)C3)c2)nc2c1ncn2C(=O)NC1CCC1. The van der Waals surface area contributed by atoms with Gasteiger partial charge in [0.1, 0.15) is 18.2 Å². The minimum Gasteiger partial charge on any atom is -0.489 e. The van der Waals surface area contributed by atoms with Gasteiger partial charge >= 0.3 is 6.03 Å². The van der Waals surface area contributed by atoms with Crippen molar-refractivity contribution >= 4 is 34.6 Å². The molecule has 2 fully saturated rings. The van der Waals surface area contributed by atoms with Crippen LogP contribution >= 0.6 is 0 Å². The van der Waals surface area contributed by atoms with E-state index < -0.39 is 0 Å². The Bertz CT molecular complexity index is 1440. The molecule has 0 radical (unpaired) electrons. The number of hydrogen-bond acceptors (Lipinski definition) is 8. The molecule has 2 aromatic heterocycles. The number of aromatic nitrogens is 4. The number of rotatable bonds is 8. The number of nitrogens with zero attached hydrogens (tertiary/aromatic N) is 5. The van der Waals surface area contributed by atoms with Crippen molar-refractivity contribution in [2.24, 2.45) is 0 Å². The fourth-order valence-corrected chi connectivity index (χ4v) is 5.15. The van der Waals surface area contributed by atoms with Crippen LogP contribution < -0.4 is 20.7 Å². The van der Waals surface area contributed by atoms with Crippen molar-refractivity contribution in [3.63, 3.8) is 0 Å². The van der Waals surface area contributed by atoms with Crippen LogP contribution in [0.1, 0.15) is 37.7 Å². The molecule has 1 aliphatic heterocycles. The minimum absolute atomic E-state index is 0.189. The average Bonchev–Trinajstić information content (AvgIpc) is 3.35. The number of piperidine rings is 1. The fraction of sp³-hybridized carbons (Fsp3) is 0.379. The first-order chi connectivity index (χ1) is 19.1. The molecule has 0 spiro atoms. The lowest BCUT2D eigenvalue weighted by molar-refractivity contribution is 0.0843. The molecule has 1 aliphatic carbocycles. The summed E-state index contributed by atoms with van der Waals surface area (Å²) < 4.78 is 7.68. The smallest absolute Gasteiger partial charge is 0.328 e. The number of para-hydroxylation sites is 1. The topological polar surface area (TPSA) is 109 Å². The Morgan fingerprint density at radius 2 is 1.92 bits per heavy atom. The summed E-state index contributed by atoms with van der Waals surface area (Å²) in [6.07, 6.45) is 7.04. The molecule has 1 unspecified atom stereocenters. The van der Waals surface area contributed by atoms with Crippen molar-refractivity contribution in [2.45, 2.75) is 50.8 Å². The number of fused-ring (bicyclic) bond motifs is 1. The molecular weight excluding hydrogens is 492 g/mol.